The van der Waals surface area contributed by atoms with Crippen molar-refractivity contribution in [2.75, 3.05) is 6.54 Å². The average molecular weight is 437 g/mol. The van der Waals surface area contributed by atoms with Gasteiger partial charge in [-0.25, -0.2) is 4.98 Å². The number of hydrogen-bond acceptors (Lipinski definition) is 6. The van der Waals surface area contributed by atoms with Gasteiger partial charge in [0.15, 0.2) is 0 Å². The Labute approximate surface area is 181 Å². The summed E-state index contributed by atoms with van der Waals surface area (Å²) in [7, 11) is 0. The van der Waals surface area contributed by atoms with E-state index in [9.17, 15) is 19.2 Å². The molecule has 1 aliphatic heterocycles. The third-order valence-corrected chi connectivity index (χ3v) is 5.51. The molecule has 5 atom stereocenters. The van der Waals surface area contributed by atoms with E-state index in [0.717, 1.165) is 13.0 Å². The van der Waals surface area contributed by atoms with E-state index in [-0.39, 0.29) is 24.3 Å². The first-order valence-electron chi connectivity index (χ1n) is 10.6. The van der Waals surface area contributed by atoms with Crippen LogP contribution in [-0.4, -0.2) is 69.5 Å². The number of imidazole rings is 1. The van der Waals surface area contributed by atoms with Gasteiger partial charge in [-0.2, -0.15) is 0 Å². The van der Waals surface area contributed by atoms with E-state index in [2.05, 4.69) is 31.2 Å². The van der Waals surface area contributed by atoms with Gasteiger partial charge in [-0.3, -0.25) is 19.2 Å². The van der Waals surface area contributed by atoms with E-state index in [4.69, 9.17) is 5.11 Å². The maximum absolute atomic E-state index is 13.1. The lowest BCUT2D eigenvalue weighted by atomic mass is 9.97. The molecule has 1 aromatic rings. The zero-order valence-corrected chi connectivity index (χ0v) is 18.1. The maximum Gasteiger partial charge on any atom is 0.325 e. The molecule has 31 heavy (non-hydrogen) atoms. The predicted molar refractivity (Wildman–Crippen MR) is 112 cm³/mol. The number of H-pyrrole nitrogens is 1. The molecule has 172 valence electrons. The summed E-state index contributed by atoms with van der Waals surface area (Å²) < 4.78 is 0. The number of amides is 3. The number of nitrogens with zero attached hydrogens (tertiary/aromatic N) is 1. The Kier molecular flexibility index (Phi) is 8.98. The van der Waals surface area contributed by atoms with Crippen molar-refractivity contribution in [2.45, 2.75) is 70.6 Å². The van der Waals surface area contributed by atoms with Gasteiger partial charge in [0, 0.05) is 18.3 Å². The van der Waals surface area contributed by atoms with E-state index < -0.39 is 35.9 Å². The number of aliphatic carboxylic acids is 1. The molecule has 6 N–H and O–H groups in total. The van der Waals surface area contributed by atoms with Crippen LogP contribution < -0.4 is 21.3 Å². The maximum atomic E-state index is 13.1. The van der Waals surface area contributed by atoms with Crippen molar-refractivity contribution in [3.05, 3.63) is 18.2 Å². The number of carbonyl (C=O) groups is 4. The van der Waals surface area contributed by atoms with Crippen molar-refractivity contribution in [1.82, 2.24) is 31.2 Å². The van der Waals surface area contributed by atoms with E-state index in [1.165, 1.54) is 13.3 Å². The Hall–Kier alpha value is -2.95. The first-order chi connectivity index (χ1) is 14.7. The lowest BCUT2D eigenvalue weighted by Gasteiger charge is -2.27. The van der Waals surface area contributed by atoms with Crippen molar-refractivity contribution in [3.63, 3.8) is 0 Å². The molecule has 0 aromatic carbocycles. The van der Waals surface area contributed by atoms with Crippen LogP contribution in [0.4, 0.5) is 0 Å². The first-order valence-corrected chi connectivity index (χ1v) is 10.6. The number of nitrogens with one attached hydrogen (secondary N) is 5. The fourth-order valence-electron chi connectivity index (χ4n) is 3.33. The van der Waals surface area contributed by atoms with Gasteiger partial charge in [-0.1, -0.05) is 20.3 Å². The van der Waals surface area contributed by atoms with Crippen molar-refractivity contribution >= 4 is 23.7 Å². The standard InChI is InChI=1S/C20H32N6O5/c1-4-11(2)16(19(29)24-12(3)20(30)31)26-18(28)15(8-13-9-21-10-23-13)25-17(27)14-6-5-7-22-14/h9-12,14-16,22H,4-8H2,1-3H3,(H,21,23)(H,24,29)(H,25,27)(H,26,28)(H,30,31). The molecular formula is C20H32N6O5. The van der Waals surface area contributed by atoms with Crippen LogP contribution in [-0.2, 0) is 25.6 Å². The summed E-state index contributed by atoms with van der Waals surface area (Å²) in [6.45, 7) is 5.76. The monoisotopic (exact) mass is 436 g/mol. The predicted octanol–water partition coefficient (Wildman–Crippen LogP) is -0.691. The third kappa shape index (κ3) is 7.06. The zero-order chi connectivity index (χ0) is 23.0. The molecule has 1 aromatic heterocycles. The quantitative estimate of drug-likeness (QED) is 0.267. The molecular weight excluding hydrogens is 404 g/mol. The summed E-state index contributed by atoms with van der Waals surface area (Å²) in [6.07, 6.45) is 5.37. The average Bonchev–Trinajstić information content (AvgIpc) is 3.44. The lowest BCUT2D eigenvalue weighted by Crippen LogP contribution is -2.58. The smallest absolute Gasteiger partial charge is 0.325 e. The van der Waals surface area contributed by atoms with Crippen LogP contribution in [0.3, 0.4) is 0 Å². The summed E-state index contributed by atoms with van der Waals surface area (Å²) in [6, 6.07) is -3.32. The minimum Gasteiger partial charge on any atom is -0.480 e. The highest BCUT2D eigenvalue weighted by Gasteiger charge is 2.33. The Morgan fingerprint density at radius 2 is 1.94 bits per heavy atom. The normalized spacial score (nSPS) is 19.6. The second kappa shape index (κ2) is 11.4. The van der Waals surface area contributed by atoms with Gasteiger partial charge in [-0.05, 0) is 32.2 Å². The summed E-state index contributed by atoms with van der Waals surface area (Å²) in [5.74, 6) is -2.80. The second-order valence-corrected chi connectivity index (χ2v) is 7.93. The largest absolute Gasteiger partial charge is 0.480 e. The highest BCUT2D eigenvalue weighted by molar-refractivity contribution is 5.94. The first kappa shape index (κ1) is 24.3. The third-order valence-electron chi connectivity index (χ3n) is 5.51. The van der Waals surface area contributed by atoms with Crippen molar-refractivity contribution in [3.8, 4) is 0 Å². The van der Waals surface area contributed by atoms with Crippen LogP contribution in [0.2, 0.25) is 0 Å². The van der Waals surface area contributed by atoms with E-state index in [1.807, 2.05) is 6.92 Å². The van der Waals surface area contributed by atoms with Gasteiger partial charge < -0.3 is 31.4 Å². The molecule has 0 spiro atoms. The fourth-order valence-corrected chi connectivity index (χ4v) is 3.33. The SMILES string of the molecule is CCC(C)C(NC(=O)C(Cc1cnc[nH]1)NC(=O)C1CCCN1)C(=O)NC(C)C(=O)O. The van der Waals surface area contributed by atoms with Gasteiger partial charge >= 0.3 is 5.97 Å². The van der Waals surface area contributed by atoms with Crippen LogP contribution in [0.15, 0.2) is 12.5 Å². The Bertz CT molecular complexity index is 762. The molecule has 3 amide bonds. The Balaban J connectivity index is 2.14. The summed E-state index contributed by atoms with van der Waals surface area (Å²) in [4.78, 5) is 56.3. The summed E-state index contributed by atoms with van der Waals surface area (Å²) in [5, 5.41) is 20.0. The van der Waals surface area contributed by atoms with Gasteiger partial charge in [-0.15, -0.1) is 0 Å². The number of rotatable bonds is 11. The second-order valence-electron chi connectivity index (χ2n) is 7.93. The van der Waals surface area contributed by atoms with E-state index in [0.29, 0.717) is 18.5 Å². The van der Waals surface area contributed by atoms with Crippen molar-refractivity contribution in [1.29, 1.82) is 0 Å². The molecule has 5 unspecified atom stereocenters. The molecule has 11 nitrogen and oxygen atoms in total. The number of aromatic amines is 1. The van der Waals surface area contributed by atoms with Crippen LogP contribution in [0.25, 0.3) is 0 Å². The zero-order valence-electron chi connectivity index (χ0n) is 18.1. The molecule has 2 heterocycles. The number of carboxylic acids is 1. The molecule has 1 saturated heterocycles. The molecule has 0 aliphatic carbocycles. The van der Waals surface area contributed by atoms with Gasteiger partial charge in [0.2, 0.25) is 17.7 Å². The van der Waals surface area contributed by atoms with Gasteiger partial charge in [0.25, 0.3) is 0 Å². The van der Waals surface area contributed by atoms with E-state index in [1.54, 1.807) is 13.1 Å². The molecule has 1 fully saturated rings. The topological polar surface area (TPSA) is 165 Å². The van der Waals surface area contributed by atoms with E-state index >= 15 is 0 Å². The lowest BCUT2D eigenvalue weighted by molar-refractivity contribution is -0.142. The number of hydrogen-bond donors (Lipinski definition) is 6. The number of carbonyl (C=O) groups excluding carboxylic acids is 3. The van der Waals surface area contributed by atoms with Crippen LogP contribution in [0.1, 0.15) is 45.7 Å². The Morgan fingerprint density at radius 1 is 1.19 bits per heavy atom. The molecule has 0 bridgehead atoms. The molecule has 1 aliphatic rings. The van der Waals surface area contributed by atoms with Gasteiger partial charge in [0.05, 0.1) is 12.4 Å². The van der Waals surface area contributed by atoms with Crippen LogP contribution in [0, 0.1) is 5.92 Å². The van der Waals surface area contributed by atoms with Crippen molar-refractivity contribution in [2.24, 2.45) is 5.92 Å². The molecule has 0 saturated carbocycles. The minimum atomic E-state index is -1.17. The molecule has 0 radical (unpaired) electrons. The fraction of sp³-hybridized carbons (Fsp3) is 0.650. The van der Waals surface area contributed by atoms with Crippen molar-refractivity contribution < 1.29 is 24.3 Å². The molecule has 11 heteroatoms. The highest BCUT2D eigenvalue weighted by atomic mass is 16.4. The summed E-state index contributed by atoms with van der Waals surface area (Å²) in [5.41, 5.74) is 0.656. The highest BCUT2D eigenvalue weighted by Crippen LogP contribution is 2.11. The minimum absolute atomic E-state index is 0.171. The summed E-state index contributed by atoms with van der Waals surface area (Å²) >= 11 is 0. The van der Waals surface area contributed by atoms with Crippen LogP contribution in [0.5, 0.6) is 0 Å². The van der Waals surface area contributed by atoms with Gasteiger partial charge in [0.1, 0.15) is 18.1 Å². The van der Waals surface area contributed by atoms with Crippen LogP contribution >= 0.6 is 0 Å². The number of aromatic nitrogens is 2. The Morgan fingerprint density at radius 3 is 2.48 bits per heavy atom. The number of carboxylic acid groups (broad SMARTS) is 1. The molecule has 2 rings (SSSR count).